The van der Waals surface area contributed by atoms with E-state index < -0.39 is 0 Å². The number of amides is 1. The van der Waals surface area contributed by atoms with E-state index in [2.05, 4.69) is 0 Å². The Morgan fingerprint density at radius 1 is 1.67 bits per heavy atom. The lowest BCUT2D eigenvalue weighted by molar-refractivity contribution is -0.141. The standard InChI is InChI=1S/C8H15ClN2O/c1-6-7(4-9)5-11(8(6)12)10(2)3/h6-7H,4-5H2,1-3H3/t6-,7+/m1/s1. The van der Waals surface area contributed by atoms with E-state index in [0.29, 0.717) is 11.8 Å². The first-order chi connectivity index (χ1) is 5.57. The molecule has 1 amide bonds. The quantitative estimate of drug-likeness (QED) is 0.602. The highest BCUT2D eigenvalue weighted by molar-refractivity contribution is 6.18. The summed E-state index contributed by atoms with van der Waals surface area (Å²) >= 11 is 5.74. The van der Waals surface area contributed by atoms with Crippen molar-refractivity contribution in [1.29, 1.82) is 0 Å². The molecule has 2 atom stereocenters. The molecule has 12 heavy (non-hydrogen) atoms. The SMILES string of the molecule is C[C@H]1C(=O)N(N(C)C)C[C@@H]1CCl. The van der Waals surface area contributed by atoms with Gasteiger partial charge in [0, 0.05) is 38.4 Å². The van der Waals surface area contributed by atoms with Crippen LogP contribution >= 0.6 is 11.6 Å². The van der Waals surface area contributed by atoms with Crippen molar-refractivity contribution in [2.75, 3.05) is 26.5 Å². The minimum Gasteiger partial charge on any atom is -0.275 e. The summed E-state index contributed by atoms with van der Waals surface area (Å²) in [4.78, 5) is 11.5. The smallest absolute Gasteiger partial charge is 0.240 e. The van der Waals surface area contributed by atoms with E-state index >= 15 is 0 Å². The molecule has 0 unspecified atom stereocenters. The molecule has 0 spiro atoms. The van der Waals surface area contributed by atoms with Crippen molar-refractivity contribution in [1.82, 2.24) is 10.0 Å². The fourth-order valence-electron chi connectivity index (χ4n) is 1.45. The largest absolute Gasteiger partial charge is 0.275 e. The van der Waals surface area contributed by atoms with Gasteiger partial charge < -0.3 is 0 Å². The minimum atomic E-state index is 0.0740. The Bertz CT molecular complexity index is 184. The van der Waals surface area contributed by atoms with Crippen LogP contribution in [0.25, 0.3) is 0 Å². The first-order valence-corrected chi connectivity index (χ1v) is 4.66. The number of hydrogen-bond acceptors (Lipinski definition) is 2. The maximum atomic E-state index is 11.5. The summed E-state index contributed by atoms with van der Waals surface area (Å²) in [5.41, 5.74) is 0. The van der Waals surface area contributed by atoms with Gasteiger partial charge >= 0.3 is 0 Å². The normalized spacial score (nSPS) is 30.4. The zero-order valence-electron chi connectivity index (χ0n) is 7.75. The first-order valence-electron chi connectivity index (χ1n) is 4.12. The van der Waals surface area contributed by atoms with Gasteiger partial charge in [-0.2, -0.15) is 0 Å². The van der Waals surface area contributed by atoms with Crippen molar-refractivity contribution in [3.8, 4) is 0 Å². The van der Waals surface area contributed by atoms with Gasteiger partial charge in [0.05, 0.1) is 0 Å². The average molecular weight is 191 g/mol. The molecule has 1 aliphatic rings. The van der Waals surface area contributed by atoms with E-state index in [1.54, 1.807) is 5.01 Å². The van der Waals surface area contributed by atoms with Crippen LogP contribution in [-0.4, -0.2) is 42.4 Å². The maximum absolute atomic E-state index is 11.5. The van der Waals surface area contributed by atoms with Crippen molar-refractivity contribution < 1.29 is 4.79 Å². The van der Waals surface area contributed by atoms with Crippen LogP contribution in [0.2, 0.25) is 0 Å². The third-order valence-electron chi connectivity index (χ3n) is 2.44. The third-order valence-corrected chi connectivity index (χ3v) is 2.84. The van der Waals surface area contributed by atoms with Crippen LogP contribution in [-0.2, 0) is 4.79 Å². The van der Waals surface area contributed by atoms with Gasteiger partial charge in [-0.25, -0.2) is 5.01 Å². The molecule has 1 aliphatic heterocycles. The summed E-state index contributed by atoms with van der Waals surface area (Å²) in [6.07, 6.45) is 0. The van der Waals surface area contributed by atoms with Gasteiger partial charge in [0.15, 0.2) is 0 Å². The van der Waals surface area contributed by atoms with Gasteiger partial charge in [-0.1, -0.05) is 6.92 Å². The van der Waals surface area contributed by atoms with E-state index in [9.17, 15) is 4.79 Å². The maximum Gasteiger partial charge on any atom is 0.240 e. The molecule has 70 valence electrons. The summed E-state index contributed by atoms with van der Waals surface area (Å²) in [6.45, 7) is 2.70. The molecule has 0 bridgehead atoms. The van der Waals surface area contributed by atoms with Crippen molar-refractivity contribution in [3.05, 3.63) is 0 Å². The number of rotatable bonds is 2. The lowest BCUT2D eigenvalue weighted by Crippen LogP contribution is -2.38. The number of halogens is 1. The van der Waals surface area contributed by atoms with E-state index in [-0.39, 0.29) is 11.8 Å². The Morgan fingerprint density at radius 3 is 2.50 bits per heavy atom. The van der Waals surface area contributed by atoms with Crippen LogP contribution in [0.3, 0.4) is 0 Å². The zero-order valence-corrected chi connectivity index (χ0v) is 8.51. The predicted octanol–water partition coefficient (Wildman–Crippen LogP) is 0.796. The second-order valence-electron chi connectivity index (χ2n) is 3.47. The number of carbonyl (C=O) groups is 1. The van der Waals surface area contributed by atoms with Gasteiger partial charge in [-0.3, -0.25) is 9.80 Å². The van der Waals surface area contributed by atoms with E-state index in [4.69, 9.17) is 11.6 Å². The number of nitrogens with zero attached hydrogens (tertiary/aromatic N) is 2. The lowest BCUT2D eigenvalue weighted by Gasteiger charge is -2.23. The molecule has 0 saturated carbocycles. The Kier molecular flexibility index (Phi) is 2.96. The zero-order chi connectivity index (χ0) is 9.30. The van der Waals surface area contributed by atoms with Crippen LogP contribution in [0.1, 0.15) is 6.92 Å². The number of hydrazine groups is 1. The minimum absolute atomic E-state index is 0.0740. The molecule has 0 N–H and O–H groups in total. The van der Waals surface area contributed by atoms with Gasteiger partial charge in [-0.05, 0) is 0 Å². The number of carbonyl (C=O) groups excluding carboxylic acids is 1. The predicted molar refractivity (Wildman–Crippen MR) is 48.8 cm³/mol. The monoisotopic (exact) mass is 190 g/mol. The fourth-order valence-corrected chi connectivity index (χ4v) is 1.81. The summed E-state index contributed by atoms with van der Waals surface area (Å²) in [5.74, 6) is 1.13. The summed E-state index contributed by atoms with van der Waals surface area (Å²) in [6, 6.07) is 0. The molecule has 0 aromatic carbocycles. The second kappa shape index (κ2) is 3.62. The van der Waals surface area contributed by atoms with Crippen molar-refractivity contribution in [2.24, 2.45) is 11.8 Å². The van der Waals surface area contributed by atoms with Crippen LogP contribution in [0.15, 0.2) is 0 Å². The molecular weight excluding hydrogens is 176 g/mol. The fraction of sp³-hybridized carbons (Fsp3) is 0.875. The summed E-state index contributed by atoms with van der Waals surface area (Å²) in [5, 5.41) is 3.57. The first kappa shape index (κ1) is 9.81. The van der Waals surface area contributed by atoms with Crippen molar-refractivity contribution in [2.45, 2.75) is 6.92 Å². The molecule has 1 heterocycles. The van der Waals surface area contributed by atoms with E-state index in [1.807, 2.05) is 26.0 Å². The molecule has 0 aromatic heterocycles. The highest BCUT2D eigenvalue weighted by Crippen LogP contribution is 2.25. The Balaban J connectivity index is 2.67. The highest BCUT2D eigenvalue weighted by Gasteiger charge is 2.37. The van der Waals surface area contributed by atoms with Crippen molar-refractivity contribution in [3.63, 3.8) is 0 Å². The average Bonchev–Trinajstić information content (AvgIpc) is 2.30. The van der Waals surface area contributed by atoms with Crippen LogP contribution in [0.4, 0.5) is 0 Å². The van der Waals surface area contributed by atoms with Crippen LogP contribution in [0, 0.1) is 11.8 Å². The molecular formula is C8H15ClN2O. The van der Waals surface area contributed by atoms with Gasteiger partial charge in [0.2, 0.25) is 5.91 Å². The topological polar surface area (TPSA) is 23.6 Å². The van der Waals surface area contributed by atoms with E-state index in [0.717, 1.165) is 6.54 Å². The van der Waals surface area contributed by atoms with Gasteiger partial charge in [-0.15, -0.1) is 11.6 Å². The van der Waals surface area contributed by atoms with Crippen molar-refractivity contribution >= 4 is 17.5 Å². The Hall–Kier alpha value is -0.280. The van der Waals surface area contributed by atoms with Gasteiger partial charge in [0.1, 0.15) is 0 Å². The third kappa shape index (κ3) is 1.57. The van der Waals surface area contributed by atoms with E-state index in [1.165, 1.54) is 0 Å². The Morgan fingerprint density at radius 2 is 2.25 bits per heavy atom. The van der Waals surface area contributed by atoms with Crippen LogP contribution < -0.4 is 0 Å². The molecule has 1 saturated heterocycles. The molecule has 0 aromatic rings. The Labute approximate surface area is 78.2 Å². The number of hydrogen-bond donors (Lipinski definition) is 0. The number of alkyl halides is 1. The second-order valence-corrected chi connectivity index (χ2v) is 3.78. The van der Waals surface area contributed by atoms with Gasteiger partial charge in [0.25, 0.3) is 0 Å². The summed E-state index contributed by atoms with van der Waals surface area (Å²) in [7, 11) is 3.75. The lowest BCUT2D eigenvalue weighted by atomic mass is 10.0. The molecule has 4 heteroatoms. The molecule has 0 aliphatic carbocycles. The highest BCUT2D eigenvalue weighted by atomic mass is 35.5. The summed E-state index contributed by atoms with van der Waals surface area (Å²) < 4.78 is 0. The molecule has 1 fully saturated rings. The molecule has 3 nitrogen and oxygen atoms in total. The van der Waals surface area contributed by atoms with Crippen LogP contribution in [0.5, 0.6) is 0 Å². The molecule has 1 rings (SSSR count). The molecule has 0 radical (unpaired) electrons.